The van der Waals surface area contributed by atoms with Gasteiger partial charge in [-0.05, 0) is 13.3 Å². The summed E-state index contributed by atoms with van der Waals surface area (Å²) < 4.78 is 0. The molecule has 0 aromatic carbocycles. The first-order chi connectivity index (χ1) is 3.77. The third-order valence-corrected chi connectivity index (χ3v) is 1.13. The average Bonchev–Trinajstić information content (AvgIpc) is 1.66. The lowest BCUT2D eigenvalue weighted by Crippen LogP contribution is -1.87. The van der Waals surface area contributed by atoms with E-state index in [1.807, 2.05) is 0 Å². The zero-order chi connectivity index (χ0) is 6.41. The molecule has 52 valence electrons. The number of Topliss-reactive ketones (excluding diaryl/α,β-unsaturated/α-hetero) is 1. The first-order valence-corrected chi connectivity index (χ1v) is 3.26. The lowest BCUT2D eigenvalue weighted by atomic mass is 10.2. The standard InChI is InChI=1S/C7H14O.Mg.2H/c1-3-4-5-6-7(2)8;;;/h3-6H2,1-2H3;;;. The van der Waals surface area contributed by atoms with Crippen LogP contribution in [0.5, 0.6) is 0 Å². The Kier molecular flexibility index (Phi) is 11.4. The second kappa shape index (κ2) is 8.44. The molecule has 0 bridgehead atoms. The lowest BCUT2D eigenvalue weighted by molar-refractivity contribution is -0.117. The van der Waals surface area contributed by atoms with Crippen LogP contribution in [0.3, 0.4) is 0 Å². The Hall–Kier alpha value is 0.436. The Morgan fingerprint density at radius 3 is 2.22 bits per heavy atom. The van der Waals surface area contributed by atoms with Crippen molar-refractivity contribution in [2.75, 3.05) is 0 Å². The van der Waals surface area contributed by atoms with Crippen molar-refractivity contribution in [3.8, 4) is 0 Å². The molecule has 0 fully saturated rings. The molecule has 0 atom stereocenters. The van der Waals surface area contributed by atoms with Crippen LogP contribution in [0, 0.1) is 0 Å². The number of unbranched alkanes of at least 4 members (excludes halogenated alkanes) is 2. The minimum Gasteiger partial charge on any atom is -0.300 e. The summed E-state index contributed by atoms with van der Waals surface area (Å²) in [4.78, 5) is 10.3. The molecule has 0 heterocycles. The van der Waals surface area contributed by atoms with Gasteiger partial charge in [0.2, 0.25) is 0 Å². The van der Waals surface area contributed by atoms with E-state index in [-0.39, 0.29) is 23.1 Å². The largest absolute Gasteiger partial charge is 0.316 e. The van der Waals surface area contributed by atoms with Gasteiger partial charge in [0.25, 0.3) is 0 Å². The van der Waals surface area contributed by atoms with Crippen molar-refractivity contribution in [3.63, 3.8) is 0 Å². The van der Waals surface area contributed by atoms with Crippen LogP contribution in [0.4, 0.5) is 0 Å². The highest BCUT2D eigenvalue weighted by molar-refractivity contribution is 5.75. The number of hydrogen-bond acceptors (Lipinski definition) is 1. The average molecular weight is 141 g/mol. The van der Waals surface area contributed by atoms with Crippen LogP contribution in [-0.2, 0) is 4.79 Å². The predicted octanol–water partition coefficient (Wildman–Crippen LogP) is 1.24. The smallest absolute Gasteiger partial charge is 0.300 e. The Balaban J connectivity index is 0. The number of ketones is 1. The van der Waals surface area contributed by atoms with E-state index in [4.69, 9.17) is 0 Å². The van der Waals surface area contributed by atoms with E-state index in [1.165, 1.54) is 12.8 Å². The minimum absolute atomic E-state index is 0. The van der Waals surface area contributed by atoms with Crippen molar-refractivity contribution < 1.29 is 4.79 Å². The van der Waals surface area contributed by atoms with E-state index in [2.05, 4.69) is 6.92 Å². The molecule has 0 aliphatic rings. The molecule has 9 heavy (non-hydrogen) atoms. The van der Waals surface area contributed by atoms with Crippen LogP contribution in [0.25, 0.3) is 0 Å². The van der Waals surface area contributed by atoms with E-state index in [0.717, 1.165) is 12.8 Å². The zero-order valence-electron chi connectivity index (χ0n) is 5.74. The predicted molar refractivity (Wildman–Crippen MR) is 43.4 cm³/mol. The van der Waals surface area contributed by atoms with Gasteiger partial charge in [-0.15, -0.1) is 0 Å². The van der Waals surface area contributed by atoms with Crippen molar-refractivity contribution in [2.24, 2.45) is 0 Å². The van der Waals surface area contributed by atoms with Gasteiger partial charge >= 0.3 is 23.1 Å². The third-order valence-electron chi connectivity index (χ3n) is 1.13. The fraction of sp³-hybridized carbons (Fsp3) is 0.857. The van der Waals surface area contributed by atoms with Gasteiger partial charge < -0.3 is 4.79 Å². The summed E-state index contributed by atoms with van der Waals surface area (Å²) in [6.07, 6.45) is 4.24. The van der Waals surface area contributed by atoms with Gasteiger partial charge in [0.15, 0.2) is 0 Å². The van der Waals surface area contributed by atoms with Crippen molar-refractivity contribution in [2.45, 2.75) is 39.5 Å². The fourth-order valence-corrected chi connectivity index (χ4v) is 0.624. The van der Waals surface area contributed by atoms with Gasteiger partial charge in [-0.3, -0.25) is 0 Å². The highest BCUT2D eigenvalue weighted by Crippen LogP contribution is 1.98. The summed E-state index contributed by atoms with van der Waals surface area (Å²) >= 11 is 0. The van der Waals surface area contributed by atoms with Crippen molar-refractivity contribution >= 4 is 28.8 Å². The van der Waals surface area contributed by atoms with Gasteiger partial charge in [-0.2, -0.15) is 0 Å². The quantitative estimate of drug-likeness (QED) is 0.424. The Morgan fingerprint density at radius 2 is 1.89 bits per heavy atom. The van der Waals surface area contributed by atoms with Gasteiger partial charge in [0.05, 0.1) is 0 Å². The van der Waals surface area contributed by atoms with Crippen molar-refractivity contribution in [1.29, 1.82) is 0 Å². The second-order valence-corrected chi connectivity index (χ2v) is 2.16. The first kappa shape index (κ1) is 12.1. The molecule has 0 saturated carbocycles. The lowest BCUT2D eigenvalue weighted by Gasteiger charge is -1.90. The molecular formula is C7H16MgO. The Labute approximate surface area is 73.4 Å². The maximum atomic E-state index is 10.3. The topological polar surface area (TPSA) is 17.1 Å². The SMILES string of the molecule is CCCCCC(C)=O.[MgH2]. The molecule has 0 unspecified atom stereocenters. The summed E-state index contributed by atoms with van der Waals surface area (Å²) in [5.41, 5.74) is 0. The van der Waals surface area contributed by atoms with Crippen LogP contribution in [0.15, 0.2) is 0 Å². The summed E-state index contributed by atoms with van der Waals surface area (Å²) in [5.74, 6) is 0.318. The third kappa shape index (κ3) is 11.8. The van der Waals surface area contributed by atoms with Crippen LogP contribution in [0.1, 0.15) is 39.5 Å². The highest BCUT2D eigenvalue weighted by atomic mass is 24.3. The molecule has 0 saturated heterocycles. The highest BCUT2D eigenvalue weighted by Gasteiger charge is 1.89. The van der Waals surface area contributed by atoms with Crippen LogP contribution in [-0.4, -0.2) is 28.8 Å². The Morgan fingerprint density at radius 1 is 1.33 bits per heavy atom. The molecule has 1 nitrogen and oxygen atoms in total. The molecule has 0 N–H and O–H groups in total. The van der Waals surface area contributed by atoms with E-state index in [9.17, 15) is 4.79 Å². The molecule has 0 aliphatic heterocycles. The summed E-state index contributed by atoms with van der Waals surface area (Å²) in [5, 5.41) is 0. The Bertz CT molecular complexity index is 71.3. The van der Waals surface area contributed by atoms with E-state index in [0.29, 0.717) is 5.78 Å². The molecule has 0 aromatic rings. The molecule has 0 aromatic heterocycles. The van der Waals surface area contributed by atoms with E-state index < -0.39 is 0 Å². The van der Waals surface area contributed by atoms with Crippen LogP contribution >= 0.6 is 0 Å². The number of carbonyl (C=O) groups excluding carboxylic acids is 1. The normalized spacial score (nSPS) is 8.22. The van der Waals surface area contributed by atoms with E-state index in [1.54, 1.807) is 6.92 Å². The van der Waals surface area contributed by atoms with Gasteiger partial charge in [-0.1, -0.05) is 19.8 Å². The summed E-state index contributed by atoms with van der Waals surface area (Å²) in [7, 11) is 0. The van der Waals surface area contributed by atoms with E-state index >= 15 is 0 Å². The van der Waals surface area contributed by atoms with Gasteiger partial charge in [0, 0.05) is 6.42 Å². The van der Waals surface area contributed by atoms with Crippen LogP contribution in [0.2, 0.25) is 0 Å². The number of rotatable bonds is 4. The molecular weight excluding hydrogens is 124 g/mol. The van der Waals surface area contributed by atoms with Gasteiger partial charge in [-0.25, -0.2) is 0 Å². The molecule has 0 radical (unpaired) electrons. The molecule has 0 spiro atoms. The van der Waals surface area contributed by atoms with Crippen molar-refractivity contribution in [1.82, 2.24) is 0 Å². The molecule has 0 rings (SSSR count). The van der Waals surface area contributed by atoms with Crippen LogP contribution < -0.4 is 0 Å². The fourth-order valence-electron chi connectivity index (χ4n) is 0.624. The second-order valence-electron chi connectivity index (χ2n) is 2.16. The summed E-state index contributed by atoms with van der Waals surface area (Å²) in [6.45, 7) is 3.79. The zero-order valence-corrected chi connectivity index (χ0v) is 5.74. The summed E-state index contributed by atoms with van der Waals surface area (Å²) in [6, 6.07) is 0. The molecule has 2 heteroatoms. The number of carbonyl (C=O) groups is 1. The molecule has 0 amide bonds. The van der Waals surface area contributed by atoms with Crippen molar-refractivity contribution in [3.05, 3.63) is 0 Å². The minimum atomic E-state index is 0. The van der Waals surface area contributed by atoms with Gasteiger partial charge in [0.1, 0.15) is 5.78 Å². The first-order valence-electron chi connectivity index (χ1n) is 3.26. The number of hydrogen-bond donors (Lipinski definition) is 0. The molecule has 0 aliphatic carbocycles. The monoisotopic (exact) mass is 140 g/mol. The maximum absolute atomic E-state index is 10.3. The maximum Gasteiger partial charge on any atom is 0.316 e.